The predicted molar refractivity (Wildman–Crippen MR) is 111 cm³/mol. The third-order valence-corrected chi connectivity index (χ3v) is 4.76. The van der Waals surface area contributed by atoms with E-state index < -0.39 is 0 Å². The first-order valence-corrected chi connectivity index (χ1v) is 8.98. The molecular formula is C21H17ClN4O2. The van der Waals surface area contributed by atoms with Gasteiger partial charge in [0.1, 0.15) is 0 Å². The molecule has 2 aromatic heterocycles. The molecule has 6 nitrogen and oxygen atoms in total. The Balaban J connectivity index is 1.89. The second-order valence-electron chi connectivity index (χ2n) is 6.39. The van der Waals surface area contributed by atoms with Crippen LogP contribution in [0.15, 0.2) is 64.2 Å². The van der Waals surface area contributed by atoms with Gasteiger partial charge < -0.3 is 0 Å². The number of halogens is 1. The van der Waals surface area contributed by atoms with E-state index in [-0.39, 0.29) is 11.1 Å². The van der Waals surface area contributed by atoms with E-state index >= 15 is 0 Å². The number of aromatic nitrogens is 4. The molecule has 4 rings (SSSR count). The maximum absolute atomic E-state index is 12.9. The third-order valence-electron chi connectivity index (χ3n) is 4.51. The van der Waals surface area contributed by atoms with Gasteiger partial charge in [0, 0.05) is 10.7 Å². The average molecular weight is 393 g/mol. The fourth-order valence-electron chi connectivity index (χ4n) is 3.05. The average Bonchev–Trinajstić information content (AvgIpc) is 3.14. The van der Waals surface area contributed by atoms with Crippen LogP contribution in [0.3, 0.4) is 0 Å². The van der Waals surface area contributed by atoms with Crippen molar-refractivity contribution in [3.8, 4) is 11.4 Å². The van der Waals surface area contributed by atoms with Gasteiger partial charge in [0.15, 0.2) is 0 Å². The lowest BCUT2D eigenvalue weighted by molar-refractivity contribution is 0.835. The van der Waals surface area contributed by atoms with Gasteiger partial charge in [0.25, 0.3) is 11.1 Å². The summed E-state index contributed by atoms with van der Waals surface area (Å²) in [5.74, 6) is 0. The summed E-state index contributed by atoms with van der Waals surface area (Å²) >= 11 is 5.91. The van der Waals surface area contributed by atoms with Gasteiger partial charge in [0.05, 0.1) is 27.5 Å². The van der Waals surface area contributed by atoms with Crippen molar-refractivity contribution in [1.29, 1.82) is 0 Å². The highest BCUT2D eigenvalue weighted by Gasteiger charge is 2.12. The largest absolute Gasteiger partial charge is 0.295 e. The summed E-state index contributed by atoms with van der Waals surface area (Å²) in [6, 6.07) is 16.1. The van der Waals surface area contributed by atoms with Gasteiger partial charge in [-0.3, -0.25) is 19.8 Å². The molecule has 2 aromatic carbocycles. The lowest BCUT2D eigenvalue weighted by Gasteiger charge is -2.00. The molecule has 0 spiro atoms. The van der Waals surface area contributed by atoms with Gasteiger partial charge >= 0.3 is 0 Å². The maximum Gasteiger partial charge on any atom is 0.279 e. The summed E-state index contributed by atoms with van der Waals surface area (Å²) in [5.41, 5.74) is 1.89. The first kappa shape index (κ1) is 17.9. The zero-order valence-corrected chi connectivity index (χ0v) is 15.8. The number of hydrogen-bond donors (Lipinski definition) is 2. The van der Waals surface area contributed by atoms with Crippen molar-refractivity contribution < 1.29 is 0 Å². The number of benzene rings is 2. The van der Waals surface area contributed by atoms with Gasteiger partial charge in [-0.05, 0) is 49.4 Å². The van der Waals surface area contributed by atoms with E-state index in [0.717, 1.165) is 5.69 Å². The first-order valence-electron chi connectivity index (χ1n) is 8.60. The maximum atomic E-state index is 12.9. The van der Waals surface area contributed by atoms with E-state index in [1.54, 1.807) is 37.3 Å². The Hall–Kier alpha value is -3.51. The van der Waals surface area contributed by atoms with Gasteiger partial charge in [-0.1, -0.05) is 36.4 Å². The van der Waals surface area contributed by atoms with E-state index in [2.05, 4.69) is 16.8 Å². The van der Waals surface area contributed by atoms with Gasteiger partial charge in [-0.15, -0.1) is 0 Å². The number of H-pyrrole nitrogens is 2. The van der Waals surface area contributed by atoms with Crippen LogP contribution in [0.5, 0.6) is 0 Å². The third kappa shape index (κ3) is 3.04. The topological polar surface area (TPSA) is 75.6 Å². The molecule has 4 aromatic rings. The van der Waals surface area contributed by atoms with Crippen LogP contribution in [-0.2, 0) is 0 Å². The van der Waals surface area contributed by atoms with Crippen molar-refractivity contribution in [3.63, 3.8) is 0 Å². The highest BCUT2D eigenvalue weighted by Crippen LogP contribution is 2.10. The van der Waals surface area contributed by atoms with Crippen molar-refractivity contribution in [1.82, 2.24) is 19.6 Å². The molecule has 0 atom stereocenters. The van der Waals surface area contributed by atoms with E-state index in [9.17, 15) is 9.59 Å². The molecule has 0 saturated carbocycles. The molecule has 2 heterocycles. The first-order chi connectivity index (χ1) is 13.5. The Kier molecular flexibility index (Phi) is 4.41. The monoisotopic (exact) mass is 392 g/mol. The van der Waals surface area contributed by atoms with Crippen LogP contribution in [0, 0.1) is 6.92 Å². The van der Waals surface area contributed by atoms with Crippen LogP contribution in [0.4, 0.5) is 0 Å². The van der Waals surface area contributed by atoms with Crippen molar-refractivity contribution in [2.24, 2.45) is 0 Å². The highest BCUT2D eigenvalue weighted by atomic mass is 35.5. The van der Waals surface area contributed by atoms with Gasteiger partial charge in [-0.2, -0.15) is 0 Å². The van der Waals surface area contributed by atoms with E-state index in [1.807, 2.05) is 30.3 Å². The van der Waals surface area contributed by atoms with Crippen molar-refractivity contribution in [3.05, 3.63) is 102 Å². The second kappa shape index (κ2) is 6.90. The summed E-state index contributed by atoms with van der Waals surface area (Å²) in [5, 5.41) is 7.33. The SMILES string of the molecule is C=c1[nH]n(-c2ccc(Cl)cc2)c(=O)/c1=C\c1c(C)[nH]n(-c2ccccc2)c1=O. The number of rotatable bonds is 3. The summed E-state index contributed by atoms with van der Waals surface area (Å²) in [6.07, 6.45) is 1.57. The number of para-hydroxylation sites is 1. The zero-order chi connectivity index (χ0) is 19.8. The normalized spacial score (nSPS) is 11.9. The predicted octanol–water partition coefficient (Wildman–Crippen LogP) is 1.85. The number of nitrogens with zero attached hydrogens (tertiary/aromatic N) is 2. The molecule has 2 N–H and O–H groups in total. The smallest absolute Gasteiger partial charge is 0.279 e. The van der Waals surface area contributed by atoms with E-state index in [1.165, 1.54) is 9.36 Å². The van der Waals surface area contributed by atoms with Crippen LogP contribution in [-0.4, -0.2) is 19.6 Å². The Morgan fingerprint density at radius 3 is 2.18 bits per heavy atom. The van der Waals surface area contributed by atoms with Gasteiger partial charge in [-0.25, -0.2) is 9.36 Å². The Morgan fingerprint density at radius 2 is 1.50 bits per heavy atom. The molecule has 0 radical (unpaired) electrons. The molecule has 0 aliphatic rings. The molecule has 7 heteroatoms. The van der Waals surface area contributed by atoms with Crippen molar-refractivity contribution in [2.75, 3.05) is 0 Å². The molecule has 0 aliphatic heterocycles. The minimum Gasteiger partial charge on any atom is -0.295 e. The van der Waals surface area contributed by atoms with Crippen LogP contribution >= 0.6 is 11.6 Å². The quantitative estimate of drug-likeness (QED) is 0.558. The van der Waals surface area contributed by atoms with Gasteiger partial charge in [0.2, 0.25) is 0 Å². The summed E-state index contributed by atoms with van der Waals surface area (Å²) in [7, 11) is 0. The van der Waals surface area contributed by atoms with Crippen molar-refractivity contribution >= 4 is 24.3 Å². The zero-order valence-electron chi connectivity index (χ0n) is 15.1. The standard InChI is InChI=1S/C21H17ClN4O2/c1-13-18(20(27)25(23-13)16-6-4-3-5-7-16)12-19-14(2)24-26(21(19)28)17-10-8-15(22)9-11-17/h3-12,23-24H,2H2,1H3/b19-12-. The molecular weight excluding hydrogens is 376 g/mol. The highest BCUT2D eigenvalue weighted by molar-refractivity contribution is 6.30. The van der Waals surface area contributed by atoms with Crippen LogP contribution in [0.25, 0.3) is 24.0 Å². The summed E-state index contributed by atoms with van der Waals surface area (Å²) < 4.78 is 2.83. The van der Waals surface area contributed by atoms with Crippen LogP contribution in [0.1, 0.15) is 11.3 Å². The molecule has 0 amide bonds. The fraction of sp³-hybridized carbons (Fsp3) is 0.0476. The Labute approximate surface area is 164 Å². The minimum atomic E-state index is -0.293. The number of aromatic amines is 2. The van der Waals surface area contributed by atoms with Crippen LogP contribution < -0.4 is 21.7 Å². The van der Waals surface area contributed by atoms with E-state index in [4.69, 9.17) is 11.6 Å². The number of nitrogens with one attached hydrogen (secondary N) is 2. The molecule has 0 bridgehead atoms. The molecule has 140 valence electrons. The molecule has 28 heavy (non-hydrogen) atoms. The lowest BCUT2D eigenvalue weighted by Crippen LogP contribution is -2.34. The number of hydrogen-bond acceptors (Lipinski definition) is 2. The fourth-order valence-corrected chi connectivity index (χ4v) is 3.18. The van der Waals surface area contributed by atoms with Crippen LogP contribution in [0.2, 0.25) is 5.02 Å². The summed E-state index contributed by atoms with van der Waals surface area (Å²) in [6.45, 7) is 5.70. The Morgan fingerprint density at radius 1 is 0.893 bits per heavy atom. The second-order valence-corrected chi connectivity index (χ2v) is 6.83. The van der Waals surface area contributed by atoms with Crippen molar-refractivity contribution in [2.45, 2.75) is 6.92 Å². The Bertz CT molecular complexity index is 1370. The molecule has 0 fully saturated rings. The molecule has 0 aliphatic carbocycles. The number of aryl methyl sites for hydroxylation is 1. The molecule has 0 unspecified atom stereocenters. The lowest BCUT2D eigenvalue weighted by atomic mass is 10.2. The van der Waals surface area contributed by atoms with E-state index in [0.29, 0.717) is 32.5 Å². The summed E-state index contributed by atoms with van der Waals surface area (Å²) in [4.78, 5) is 25.8. The minimum absolute atomic E-state index is 0.234. The molecule has 0 saturated heterocycles.